The van der Waals surface area contributed by atoms with Gasteiger partial charge in [0.1, 0.15) is 5.84 Å². The number of aliphatic imine (C=N–C) groups is 1. The van der Waals surface area contributed by atoms with Gasteiger partial charge in [0, 0.05) is 26.1 Å². The number of hydroxylamine groups is 1. The van der Waals surface area contributed by atoms with Crippen molar-refractivity contribution in [2.45, 2.75) is 12.8 Å². The number of amides is 1. The van der Waals surface area contributed by atoms with Crippen LogP contribution in [0.3, 0.4) is 0 Å². The standard InChI is InChI=1S/C16H21N3O2.C4H6/c1-3-4-10-18-15(17-2)12-14-7-5-6-13(11-14)8-9-16(20)19-21;1-3-4-2/h3,5-9,11,21H,1,4,10,12H2,2H3,(H,17,18)(H,19,20);3-4H,1-2H2/b9-8+;. The first-order chi connectivity index (χ1) is 12.1. The number of hydrogen-bond acceptors (Lipinski definition) is 3. The number of allylic oxidation sites excluding steroid dienone is 2. The smallest absolute Gasteiger partial charge is 0.267 e. The Hall–Kier alpha value is -2.92. The number of rotatable bonds is 8. The van der Waals surface area contributed by atoms with E-state index in [0.29, 0.717) is 6.42 Å². The van der Waals surface area contributed by atoms with Crippen molar-refractivity contribution < 1.29 is 10.0 Å². The van der Waals surface area contributed by atoms with Gasteiger partial charge < -0.3 is 5.32 Å². The van der Waals surface area contributed by atoms with E-state index in [4.69, 9.17) is 5.21 Å². The molecule has 5 heteroatoms. The minimum absolute atomic E-state index is 0.553. The van der Waals surface area contributed by atoms with Crippen LogP contribution >= 0.6 is 0 Å². The van der Waals surface area contributed by atoms with Crippen molar-refractivity contribution >= 4 is 17.8 Å². The van der Waals surface area contributed by atoms with Crippen molar-refractivity contribution in [2.24, 2.45) is 4.99 Å². The molecule has 0 spiro atoms. The third-order valence-electron chi connectivity index (χ3n) is 2.97. The molecule has 5 nitrogen and oxygen atoms in total. The average Bonchev–Trinajstić information content (AvgIpc) is 2.65. The molecule has 1 rings (SSSR count). The van der Waals surface area contributed by atoms with Crippen LogP contribution in [0.15, 0.2) is 73.3 Å². The van der Waals surface area contributed by atoms with Gasteiger partial charge in [0.05, 0.1) is 0 Å². The van der Waals surface area contributed by atoms with E-state index >= 15 is 0 Å². The number of carbonyl (C=O) groups excluding carboxylic acids is 1. The summed E-state index contributed by atoms with van der Waals surface area (Å²) in [5, 5.41) is 11.7. The van der Waals surface area contributed by atoms with E-state index in [1.54, 1.807) is 30.8 Å². The van der Waals surface area contributed by atoms with Crippen LogP contribution in [0, 0.1) is 0 Å². The van der Waals surface area contributed by atoms with Gasteiger partial charge in [-0.2, -0.15) is 0 Å². The molecule has 0 aliphatic rings. The molecule has 134 valence electrons. The fourth-order valence-electron chi connectivity index (χ4n) is 1.75. The first-order valence-electron chi connectivity index (χ1n) is 7.86. The van der Waals surface area contributed by atoms with E-state index in [9.17, 15) is 4.79 Å². The highest BCUT2D eigenvalue weighted by Crippen LogP contribution is 2.08. The molecule has 0 unspecified atom stereocenters. The Bertz CT molecular complexity index is 613. The molecule has 0 bridgehead atoms. The molecule has 0 aliphatic heterocycles. The minimum atomic E-state index is -0.553. The highest BCUT2D eigenvalue weighted by atomic mass is 16.5. The zero-order valence-corrected chi connectivity index (χ0v) is 14.7. The summed E-state index contributed by atoms with van der Waals surface area (Å²) in [4.78, 5) is 15.2. The minimum Gasteiger partial charge on any atom is -0.373 e. The Morgan fingerprint density at radius 1 is 1.28 bits per heavy atom. The Morgan fingerprint density at radius 3 is 2.56 bits per heavy atom. The third-order valence-corrected chi connectivity index (χ3v) is 2.97. The summed E-state index contributed by atoms with van der Waals surface area (Å²) < 4.78 is 0. The Kier molecular flexibility index (Phi) is 12.9. The first kappa shape index (κ1) is 22.1. The Morgan fingerprint density at radius 2 is 2.00 bits per heavy atom. The van der Waals surface area contributed by atoms with Gasteiger partial charge in [-0.1, -0.05) is 55.7 Å². The highest BCUT2D eigenvalue weighted by Gasteiger charge is 2.01. The molecule has 0 saturated carbocycles. The number of nitrogens with one attached hydrogen (secondary N) is 2. The molecule has 0 fully saturated rings. The van der Waals surface area contributed by atoms with Crippen LogP contribution in [0.1, 0.15) is 17.5 Å². The molecule has 0 aliphatic carbocycles. The second-order valence-electron chi connectivity index (χ2n) is 4.88. The Balaban J connectivity index is 0.00000129. The van der Waals surface area contributed by atoms with Crippen LogP contribution < -0.4 is 10.8 Å². The van der Waals surface area contributed by atoms with Crippen LogP contribution in [0.5, 0.6) is 0 Å². The summed E-state index contributed by atoms with van der Waals surface area (Å²) in [6.45, 7) is 11.2. The predicted molar refractivity (Wildman–Crippen MR) is 106 cm³/mol. The van der Waals surface area contributed by atoms with E-state index in [1.807, 2.05) is 30.3 Å². The molecule has 0 aromatic heterocycles. The lowest BCUT2D eigenvalue weighted by Gasteiger charge is -2.09. The first-order valence-corrected chi connectivity index (χ1v) is 7.86. The zero-order chi connectivity index (χ0) is 18.9. The van der Waals surface area contributed by atoms with Crippen molar-refractivity contribution in [3.8, 4) is 0 Å². The van der Waals surface area contributed by atoms with Gasteiger partial charge in [-0.05, 0) is 23.6 Å². The van der Waals surface area contributed by atoms with E-state index in [2.05, 4.69) is 30.0 Å². The zero-order valence-electron chi connectivity index (χ0n) is 14.7. The molecule has 0 radical (unpaired) electrons. The lowest BCUT2D eigenvalue weighted by atomic mass is 10.1. The van der Waals surface area contributed by atoms with Crippen molar-refractivity contribution in [3.63, 3.8) is 0 Å². The van der Waals surface area contributed by atoms with Gasteiger partial charge in [-0.3, -0.25) is 15.0 Å². The highest BCUT2D eigenvalue weighted by molar-refractivity contribution is 5.91. The second-order valence-corrected chi connectivity index (χ2v) is 4.88. The summed E-state index contributed by atoms with van der Waals surface area (Å²) in [7, 11) is 1.76. The number of nitrogens with zero attached hydrogens (tertiary/aromatic N) is 1. The normalized spacial score (nSPS) is 10.4. The molecule has 0 saturated heterocycles. The molecule has 1 aromatic carbocycles. The quantitative estimate of drug-likeness (QED) is 0.0993. The molecular weight excluding hydrogens is 314 g/mol. The van der Waals surface area contributed by atoms with Crippen molar-refractivity contribution in [2.75, 3.05) is 13.6 Å². The molecule has 1 amide bonds. The van der Waals surface area contributed by atoms with Gasteiger partial charge in [-0.25, -0.2) is 5.48 Å². The molecular formula is C20H27N3O2. The van der Waals surface area contributed by atoms with Crippen LogP contribution in [0.2, 0.25) is 0 Å². The van der Waals surface area contributed by atoms with E-state index < -0.39 is 5.91 Å². The molecule has 3 N–H and O–H groups in total. The summed E-state index contributed by atoms with van der Waals surface area (Å²) >= 11 is 0. The number of amidine groups is 1. The van der Waals surface area contributed by atoms with Gasteiger partial charge in [0.25, 0.3) is 5.91 Å². The van der Waals surface area contributed by atoms with Gasteiger partial charge in [0.2, 0.25) is 0 Å². The molecule has 1 aromatic rings. The summed E-state index contributed by atoms with van der Waals surface area (Å²) in [5.74, 6) is 0.355. The largest absolute Gasteiger partial charge is 0.373 e. The van der Waals surface area contributed by atoms with Crippen LogP contribution in [0.4, 0.5) is 0 Å². The Labute approximate surface area is 150 Å². The predicted octanol–water partition coefficient (Wildman–Crippen LogP) is 3.30. The summed E-state index contributed by atoms with van der Waals surface area (Å²) in [6, 6.07) is 7.78. The number of carbonyl (C=O) groups is 1. The van der Waals surface area contributed by atoms with Crippen molar-refractivity contribution in [1.82, 2.24) is 10.8 Å². The maximum atomic E-state index is 11.0. The van der Waals surface area contributed by atoms with Crippen molar-refractivity contribution in [3.05, 3.63) is 79.4 Å². The fraction of sp³-hybridized carbons (Fsp3) is 0.200. The van der Waals surface area contributed by atoms with Crippen LogP contribution in [0.25, 0.3) is 6.08 Å². The van der Waals surface area contributed by atoms with E-state index in [0.717, 1.165) is 29.9 Å². The van der Waals surface area contributed by atoms with Crippen molar-refractivity contribution in [1.29, 1.82) is 0 Å². The maximum absolute atomic E-state index is 11.0. The monoisotopic (exact) mass is 341 g/mol. The lowest BCUT2D eigenvalue weighted by Crippen LogP contribution is -2.26. The van der Waals surface area contributed by atoms with E-state index in [1.165, 1.54) is 6.08 Å². The van der Waals surface area contributed by atoms with E-state index in [-0.39, 0.29) is 0 Å². The molecule has 0 heterocycles. The van der Waals surface area contributed by atoms with Crippen LogP contribution in [-0.2, 0) is 11.2 Å². The van der Waals surface area contributed by atoms with Gasteiger partial charge >= 0.3 is 0 Å². The number of hydrogen-bond donors (Lipinski definition) is 3. The van der Waals surface area contributed by atoms with Crippen LogP contribution in [-0.4, -0.2) is 30.5 Å². The third kappa shape index (κ3) is 11.3. The average molecular weight is 341 g/mol. The maximum Gasteiger partial charge on any atom is 0.267 e. The SMILES string of the molecule is C=CC=C.C=CCCNC(Cc1cccc(/C=C/C(=O)NO)c1)=NC. The molecule has 0 atom stereocenters. The second kappa shape index (κ2) is 14.7. The van der Waals surface area contributed by atoms with Gasteiger partial charge in [-0.15, -0.1) is 6.58 Å². The van der Waals surface area contributed by atoms with Gasteiger partial charge in [0.15, 0.2) is 0 Å². The summed E-state index contributed by atoms with van der Waals surface area (Å²) in [5.41, 5.74) is 3.53. The number of benzene rings is 1. The topological polar surface area (TPSA) is 73.7 Å². The molecule has 25 heavy (non-hydrogen) atoms. The summed E-state index contributed by atoms with van der Waals surface area (Å²) in [6.07, 6.45) is 9.64. The fourth-order valence-corrected chi connectivity index (χ4v) is 1.75. The lowest BCUT2D eigenvalue weighted by molar-refractivity contribution is -0.124.